The van der Waals surface area contributed by atoms with Gasteiger partial charge in [-0.1, -0.05) is 56.3 Å². The number of rotatable bonds is 5. The van der Waals surface area contributed by atoms with Gasteiger partial charge in [-0.15, -0.1) is 0 Å². The minimum Gasteiger partial charge on any atom is -0.385 e. The summed E-state index contributed by atoms with van der Waals surface area (Å²) in [5.74, 6) is 0.751. The van der Waals surface area contributed by atoms with Crippen LogP contribution < -0.4 is 5.32 Å². The Kier molecular flexibility index (Phi) is 4.40. The highest BCUT2D eigenvalue weighted by atomic mass is 14.9. The third kappa shape index (κ3) is 3.63. The maximum atomic E-state index is 3.45. The van der Waals surface area contributed by atoms with Crippen molar-refractivity contribution < 1.29 is 0 Å². The first-order valence-electron chi connectivity index (χ1n) is 6.65. The molecular formula is C17H21N. The molecule has 0 unspecified atom stereocenters. The van der Waals surface area contributed by atoms with E-state index in [1.165, 1.54) is 23.2 Å². The van der Waals surface area contributed by atoms with E-state index in [-0.39, 0.29) is 0 Å². The lowest BCUT2D eigenvalue weighted by Gasteiger charge is -2.09. The quantitative estimate of drug-likeness (QED) is 0.789. The minimum absolute atomic E-state index is 0.751. The van der Waals surface area contributed by atoms with Crippen molar-refractivity contribution in [2.45, 2.75) is 20.3 Å². The first kappa shape index (κ1) is 12.7. The third-order valence-electron chi connectivity index (χ3n) is 3.04. The van der Waals surface area contributed by atoms with Crippen LogP contribution in [0.2, 0.25) is 0 Å². The van der Waals surface area contributed by atoms with Crippen LogP contribution >= 0.6 is 0 Å². The lowest BCUT2D eigenvalue weighted by Crippen LogP contribution is -2.04. The van der Waals surface area contributed by atoms with Gasteiger partial charge in [0.15, 0.2) is 0 Å². The molecule has 0 amide bonds. The van der Waals surface area contributed by atoms with Gasteiger partial charge < -0.3 is 5.32 Å². The number of hydrogen-bond acceptors (Lipinski definition) is 1. The van der Waals surface area contributed by atoms with Crippen molar-refractivity contribution >= 4 is 5.69 Å². The summed E-state index contributed by atoms with van der Waals surface area (Å²) >= 11 is 0. The molecule has 0 heterocycles. The lowest BCUT2D eigenvalue weighted by atomic mass is 10.1. The molecule has 2 rings (SSSR count). The Labute approximate surface area is 110 Å². The average Bonchev–Trinajstić information content (AvgIpc) is 2.40. The highest BCUT2D eigenvalue weighted by molar-refractivity contribution is 5.65. The van der Waals surface area contributed by atoms with Crippen molar-refractivity contribution in [2.24, 2.45) is 5.92 Å². The molecule has 0 saturated carbocycles. The zero-order valence-corrected chi connectivity index (χ0v) is 11.2. The van der Waals surface area contributed by atoms with Crippen LogP contribution in [0.25, 0.3) is 11.1 Å². The summed E-state index contributed by atoms with van der Waals surface area (Å²) in [5.41, 5.74) is 3.74. The van der Waals surface area contributed by atoms with Gasteiger partial charge in [0.2, 0.25) is 0 Å². The molecule has 94 valence electrons. The molecule has 0 fully saturated rings. The summed E-state index contributed by atoms with van der Waals surface area (Å²) in [7, 11) is 0. The maximum absolute atomic E-state index is 3.45. The molecule has 0 atom stereocenters. The Morgan fingerprint density at radius 2 is 1.44 bits per heavy atom. The molecule has 0 aliphatic carbocycles. The molecule has 1 nitrogen and oxygen atoms in total. The molecule has 0 bridgehead atoms. The van der Waals surface area contributed by atoms with Gasteiger partial charge in [0.25, 0.3) is 0 Å². The highest BCUT2D eigenvalue weighted by Crippen LogP contribution is 2.20. The molecule has 0 radical (unpaired) electrons. The molecule has 18 heavy (non-hydrogen) atoms. The lowest BCUT2D eigenvalue weighted by molar-refractivity contribution is 0.607. The fourth-order valence-corrected chi connectivity index (χ4v) is 1.92. The van der Waals surface area contributed by atoms with Gasteiger partial charge in [-0.25, -0.2) is 0 Å². The second-order valence-corrected chi connectivity index (χ2v) is 5.05. The Morgan fingerprint density at radius 3 is 2.06 bits per heavy atom. The number of benzene rings is 2. The van der Waals surface area contributed by atoms with Crippen molar-refractivity contribution in [2.75, 3.05) is 11.9 Å². The largest absolute Gasteiger partial charge is 0.385 e. The maximum Gasteiger partial charge on any atom is 0.0340 e. The highest BCUT2D eigenvalue weighted by Gasteiger charge is 1.98. The smallest absolute Gasteiger partial charge is 0.0340 e. The Balaban J connectivity index is 1.98. The van der Waals surface area contributed by atoms with Gasteiger partial charge in [0.05, 0.1) is 0 Å². The predicted octanol–water partition coefficient (Wildman–Crippen LogP) is 4.81. The van der Waals surface area contributed by atoms with Crippen molar-refractivity contribution in [3.8, 4) is 11.1 Å². The van der Waals surface area contributed by atoms with E-state index < -0.39 is 0 Å². The van der Waals surface area contributed by atoms with Gasteiger partial charge in [0.1, 0.15) is 0 Å². The first-order chi connectivity index (χ1) is 8.75. The summed E-state index contributed by atoms with van der Waals surface area (Å²) < 4.78 is 0. The van der Waals surface area contributed by atoms with Crippen molar-refractivity contribution in [1.29, 1.82) is 0 Å². The van der Waals surface area contributed by atoms with E-state index in [1.54, 1.807) is 0 Å². The second-order valence-electron chi connectivity index (χ2n) is 5.05. The minimum atomic E-state index is 0.751. The van der Waals surface area contributed by atoms with Crippen LogP contribution in [0.3, 0.4) is 0 Å². The van der Waals surface area contributed by atoms with Gasteiger partial charge in [0, 0.05) is 12.2 Å². The number of anilines is 1. The van der Waals surface area contributed by atoms with E-state index >= 15 is 0 Å². The van der Waals surface area contributed by atoms with Crippen LogP contribution in [-0.2, 0) is 0 Å². The molecule has 1 heteroatoms. The zero-order valence-electron chi connectivity index (χ0n) is 11.2. The van der Waals surface area contributed by atoms with Crippen molar-refractivity contribution in [3.63, 3.8) is 0 Å². The van der Waals surface area contributed by atoms with Crippen LogP contribution in [0, 0.1) is 5.92 Å². The van der Waals surface area contributed by atoms with E-state index in [9.17, 15) is 0 Å². The van der Waals surface area contributed by atoms with Crippen molar-refractivity contribution in [1.82, 2.24) is 0 Å². The van der Waals surface area contributed by atoms with Crippen LogP contribution in [0.1, 0.15) is 20.3 Å². The SMILES string of the molecule is CC(C)CCNc1ccc(-c2ccccc2)cc1. The Morgan fingerprint density at radius 1 is 0.833 bits per heavy atom. The van der Waals surface area contributed by atoms with Gasteiger partial charge in [-0.3, -0.25) is 0 Å². The van der Waals surface area contributed by atoms with E-state index in [0.717, 1.165) is 12.5 Å². The average molecular weight is 239 g/mol. The van der Waals surface area contributed by atoms with E-state index in [1.807, 2.05) is 6.07 Å². The number of nitrogens with one attached hydrogen (secondary N) is 1. The first-order valence-corrected chi connectivity index (χ1v) is 6.65. The van der Waals surface area contributed by atoms with Crippen LogP contribution in [-0.4, -0.2) is 6.54 Å². The van der Waals surface area contributed by atoms with Gasteiger partial charge in [-0.2, -0.15) is 0 Å². The standard InChI is InChI=1S/C17H21N/c1-14(2)12-13-18-17-10-8-16(9-11-17)15-6-4-3-5-7-15/h3-11,14,18H,12-13H2,1-2H3. The predicted molar refractivity (Wildman–Crippen MR) is 79.8 cm³/mol. The van der Waals surface area contributed by atoms with Gasteiger partial charge in [-0.05, 0) is 35.6 Å². The number of hydrogen-bond donors (Lipinski definition) is 1. The van der Waals surface area contributed by atoms with E-state index in [4.69, 9.17) is 0 Å². The van der Waals surface area contributed by atoms with Crippen LogP contribution in [0.4, 0.5) is 5.69 Å². The van der Waals surface area contributed by atoms with Crippen molar-refractivity contribution in [3.05, 3.63) is 54.6 Å². The summed E-state index contributed by atoms with van der Waals surface area (Å²) in [6, 6.07) is 19.1. The molecule has 0 saturated heterocycles. The fourth-order valence-electron chi connectivity index (χ4n) is 1.92. The summed E-state index contributed by atoms with van der Waals surface area (Å²) in [6.07, 6.45) is 1.21. The van der Waals surface area contributed by atoms with Crippen LogP contribution in [0.15, 0.2) is 54.6 Å². The molecule has 0 aliphatic rings. The zero-order chi connectivity index (χ0) is 12.8. The molecular weight excluding hydrogens is 218 g/mol. The van der Waals surface area contributed by atoms with E-state index in [2.05, 4.69) is 67.7 Å². The Bertz CT molecular complexity index is 457. The van der Waals surface area contributed by atoms with Crippen LogP contribution in [0.5, 0.6) is 0 Å². The Hall–Kier alpha value is -1.76. The fraction of sp³-hybridized carbons (Fsp3) is 0.294. The molecule has 2 aromatic carbocycles. The molecule has 1 N–H and O–H groups in total. The molecule has 0 spiro atoms. The second kappa shape index (κ2) is 6.25. The van der Waals surface area contributed by atoms with E-state index in [0.29, 0.717) is 0 Å². The molecule has 0 aromatic heterocycles. The summed E-state index contributed by atoms with van der Waals surface area (Å²) in [4.78, 5) is 0. The van der Waals surface area contributed by atoms with Gasteiger partial charge >= 0.3 is 0 Å². The summed E-state index contributed by atoms with van der Waals surface area (Å²) in [5, 5.41) is 3.45. The summed E-state index contributed by atoms with van der Waals surface area (Å²) in [6.45, 7) is 5.54. The molecule has 0 aliphatic heterocycles. The third-order valence-corrected chi connectivity index (χ3v) is 3.04. The topological polar surface area (TPSA) is 12.0 Å². The monoisotopic (exact) mass is 239 g/mol. The molecule has 2 aromatic rings. The normalized spacial score (nSPS) is 10.6.